The average molecular weight is 158 g/mol. The molecule has 0 aliphatic rings. The normalized spacial score (nSPS) is 4.00. The van der Waals surface area contributed by atoms with E-state index in [4.69, 9.17) is 9.59 Å². The molecular formula is C2H6Ca2O3. The predicted molar refractivity (Wildman–Crippen MR) is 30.3 cm³/mol. The summed E-state index contributed by atoms with van der Waals surface area (Å²) in [7, 11) is 0. The van der Waals surface area contributed by atoms with Crippen LogP contribution in [0, 0.1) is 0 Å². The standard InChI is InChI=1S/C2H2O3.2Ca.4H/c3-1-5-2-4;;;;;;/h1-2H;;;;;;. The molecule has 3 nitrogen and oxygen atoms in total. The number of hydrogen-bond donors (Lipinski definition) is 0. The van der Waals surface area contributed by atoms with Crippen LogP contribution in [0.4, 0.5) is 0 Å². The van der Waals surface area contributed by atoms with E-state index in [1.54, 1.807) is 0 Å². The first-order chi connectivity index (χ1) is 2.41. The molecule has 5 heteroatoms. The van der Waals surface area contributed by atoms with E-state index in [0.29, 0.717) is 0 Å². The molecule has 0 unspecified atom stereocenters. The van der Waals surface area contributed by atoms with Crippen molar-refractivity contribution < 1.29 is 14.3 Å². The van der Waals surface area contributed by atoms with E-state index in [2.05, 4.69) is 4.74 Å². The number of hydrogen-bond acceptors (Lipinski definition) is 3. The molecule has 0 atom stereocenters. The van der Waals surface area contributed by atoms with Crippen LogP contribution in [0.15, 0.2) is 0 Å². The van der Waals surface area contributed by atoms with Crippen LogP contribution in [0.2, 0.25) is 0 Å². The first-order valence-electron chi connectivity index (χ1n) is 0.943. The zero-order valence-corrected chi connectivity index (χ0v) is 2.38. The van der Waals surface area contributed by atoms with Gasteiger partial charge in [-0.3, -0.25) is 9.59 Å². The second-order valence-electron chi connectivity index (χ2n) is 0.329. The predicted octanol–water partition coefficient (Wildman–Crippen LogP) is -2.52. The summed E-state index contributed by atoms with van der Waals surface area (Å²) in [4.78, 5) is 17.9. The summed E-state index contributed by atoms with van der Waals surface area (Å²) < 4.78 is 3.47. The molecule has 0 rings (SSSR count). The van der Waals surface area contributed by atoms with E-state index in [1.165, 1.54) is 0 Å². The molecule has 0 aromatic rings. The van der Waals surface area contributed by atoms with Crippen LogP contribution in [0.3, 0.4) is 0 Å². The number of carbonyl (C=O) groups is 2. The summed E-state index contributed by atoms with van der Waals surface area (Å²) in [6.07, 6.45) is 0. The molecule has 0 amide bonds. The second kappa shape index (κ2) is 15.6. The molecule has 0 aliphatic heterocycles. The molecule has 0 radical (unpaired) electrons. The molecule has 0 heterocycles. The molecule has 7 heavy (non-hydrogen) atoms. The molecular weight excluding hydrogens is 152 g/mol. The Morgan fingerprint density at radius 1 is 1.00 bits per heavy atom. The van der Waals surface area contributed by atoms with Crippen LogP contribution < -0.4 is 0 Å². The number of carbonyl (C=O) groups excluding carboxylic acids is 2. The van der Waals surface area contributed by atoms with Gasteiger partial charge in [0.25, 0.3) is 0 Å². The first-order valence-corrected chi connectivity index (χ1v) is 0.943. The maximum atomic E-state index is 8.95. The summed E-state index contributed by atoms with van der Waals surface area (Å²) in [6, 6.07) is 0. The fourth-order valence-corrected chi connectivity index (χ4v) is 0.0227. The topological polar surface area (TPSA) is 43.4 Å². The molecule has 36 valence electrons. The van der Waals surface area contributed by atoms with Crippen LogP contribution in [-0.2, 0) is 14.3 Å². The Bertz CT molecular complexity index is 40.2. The van der Waals surface area contributed by atoms with Gasteiger partial charge < -0.3 is 4.74 Å². The van der Waals surface area contributed by atoms with E-state index >= 15 is 0 Å². The van der Waals surface area contributed by atoms with Gasteiger partial charge in [-0.25, -0.2) is 0 Å². The third-order valence-corrected chi connectivity index (χ3v) is 0.111. The molecule has 0 aliphatic carbocycles. The molecule has 0 saturated carbocycles. The Labute approximate surface area is 101 Å². The van der Waals surface area contributed by atoms with Crippen molar-refractivity contribution in [3.8, 4) is 0 Å². The zero-order chi connectivity index (χ0) is 4.12. The third-order valence-electron chi connectivity index (χ3n) is 0.111. The van der Waals surface area contributed by atoms with E-state index in [0.717, 1.165) is 0 Å². The minimum atomic E-state index is 0. The van der Waals surface area contributed by atoms with Gasteiger partial charge in [-0.05, 0) is 0 Å². The van der Waals surface area contributed by atoms with Gasteiger partial charge in [-0.15, -0.1) is 0 Å². The molecule has 0 saturated heterocycles. The Morgan fingerprint density at radius 3 is 1.29 bits per heavy atom. The van der Waals surface area contributed by atoms with Gasteiger partial charge in [0.1, 0.15) is 0 Å². The van der Waals surface area contributed by atoms with Crippen LogP contribution in [0.25, 0.3) is 0 Å². The molecule has 0 N–H and O–H groups in total. The Balaban J connectivity index is -0.0000000800. The second-order valence-corrected chi connectivity index (χ2v) is 0.329. The first kappa shape index (κ1) is 15.9. The van der Waals surface area contributed by atoms with Crippen molar-refractivity contribution in [1.82, 2.24) is 0 Å². The number of rotatable bonds is 2. The zero-order valence-electron chi connectivity index (χ0n) is 2.38. The van der Waals surface area contributed by atoms with E-state index in [9.17, 15) is 0 Å². The third kappa shape index (κ3) is 18.3. The van der Waals surface area contributed by atoms with Gasteiger partial charge >= 0.3 is 88.4 Å². The van der Waals surface area contributed by atoms with E-state index in [1.807, 2.05) is 0 Å². The van der Waals surface area contributed by atoms with Gasteiger partial charge in [-0.1, -0.05) is 0 Å². The van der Waals surface area contributed by atoms with Gasteiger partial charge in [0.05, 0.1) is 0 Å². The monoisotopic (exact) mass is 158 g/mol. The van der Waals surface area contributed by atoms with Crippen molar-refractivity contribution in [3.05, 3.63) is 0 Å². The van der Waals surface area contributed by atoms with Crippen molar-refractivity contribution in [2.45, 2.75) is 0 Å². The van der Waals surface area contributed by atoms with Crippen LogP contribution >= 0.6 is 0 Å². The SMILES string of the molecule is O=COC=O.[CaH2].[CaH2]. The van der Waals surface area contributed by atoms with Crippen LogP contribution in [-0.4, -0.2) is 88.4 Å². The summed E-state index contributed by atoms with van der Waals surface area (Å²) in [5.74, 6) is 0. The van der Waals surface area contributed by atoms with Crippen LogP contribution in [0.1, 0.15) is 0 Å². The molecule has 0 aromatic carbocycles. The number of ether oxygens (including phenoxy) is 1. The van der Waals surface area contributed by atoms with Crippen molar-refractivity contribution in [1.29, 1.82) is 0 Å². The Morgan fingerprint density at radius 2 is 1.29 bits per heavy atom. The van der Waals surface area contributed by atoms with Gasteiger partial charge in [0, 0.05) is 0 Å². The molecule has 0 spiro atoms. The van der Waals surface area contributed by atoms with Gasteiger partial charge in [0.15, 0.2) is 0 Å². The van der Waals surface area contributed by atoms with Crippen molar-refractivity contribution in [2.75, 3.05) is 0 Å². The van der Waals surface area contributed by atoms with Crippen molar-refractivity contribution in [3.63, 3.8) is 0 Å². The maximum absolute atomic E-state index is 8.95. The Kier molecular flexibility index (Phi) is 35.5. The summed E-state index contributed by atoms with van der Waals surface area (Å²) in [6.45, 7) is 0.125. The fraction of sp³-hybridized carbons (Fsp3) is 0. The molecule has 0 bridgehead atoms. The van der Waals surface area contributed by atoms with Crippen molar-refractivity contribution >= 4 is 88.4 Å². The molecule has 0 aromatic heterocycles. The quantitative estimate of drug-likeness (QED) is 0.253. The van der Waals surface area contributed by atoms with Crippen LogP contribution in [0.5, 0.6) is 0 Å². The van der Waals surface area contributed by atoms with Gasteiger partial charge in [-0.2, -0.15) is 0 Å². The Hall–Kier alpha value is 1.66. The summed E-state index contributed by atoms with van der Waals surface area (Å²) >= 11 is 0. The minimum absolute atomic E-state index is 0. The average Bonchev–Trinajstić information content (AvgIpc) is 1.41. The van der Waals surface area contributed by atoms with E-state index < -0.39 is 0 Å². The van der Waals surface area contributed by atoms with Gasteiger partial charge in [0.2, 0.25) is 0 Å². The molecule has 0 fully saturated rings. The van der Waals surface area contributed by atoms with E-state index in [-0.39, 0.29) is 88.4 Å². The summed E-state index contributed by atoms with van der Waals surface area (Å²) in [5.41, 5.74) is 0. The summed E-state index contributed by atoms with van der Waals surface area (Å²) in [5, 5.41) is 0. The fourth-order valence-electron chi connectivity index (χ4n) is 0.0227. The van der Waals surface area contributed by atoms with Crippen molar-refractivity contribution in [2.24, 2.45) is 0 Å².